The van der Waals surface area contributed by atoms with Crippen LogP contribution in [-0.2, 0) is 18.4 Å². The van der Waals surface area contributed by atoms with Gasteiger partial charge in [-0.15, -0.1) is 0 Å². The van der Waals surface area contributed by atoms with Gasteiger partial charge in [0.1, 0.15) is 0 Å². The van der Waals surface area contributed by atoms with Crippen LogP contribution in [-0.4, -0.2) is 34.4 Å². The molecule has 0 aliphatic heterocycles. The summed E-state index contributed by atoms with van der Waals surface area (Å²) < 4.78 is 16.8. The molecule has 0 spiro atoms. The summed E-state index contributed by atoms with van der Waals surface area (Å²) in [5, 5.41) is 0. The SMILES string of the molecule is C=C(C)C(=O)OCCCCCCCCC[Si](C)(OCC)OCC. The fourth-order valence-corrected chi connectivity index (χ4v) is 5.00. The van der Waals surface area contributed by atoms with Gasteiger partial charge in [-0.05, 0) is 39.8 Å². The van der Waals surface area contributed by atoms with Gasteiger partial charge in [-0.2, -0.15) is 0 Å². The normalized spacial score (nSPS) is 11.5. The Bertz CT molecular complexity index is 325. The summed E-state index contributed by atoms with van der Waals surface area (Å²) in [6.45, 7) is 13.5. The molecule has 0 heterocycles. The molecule has 136 valence electrons. The van der Waals surface area contributed by atoms with Gasteiger partial charge in [-0.25, -0.2) is 4.79 Å². The molecule has 0 atom stereocenters. The molecular weight excluding hydrogens is 308 g/mol. The van der Waals surface area contributed by atoms with Crippen molar-refractivity contribution in [3.8, 4) is 0 Å². The zero-order chi connectivity index (χ0) is 17.6. The Balaban J connectivity index is 3.48. The second-order valence-electron chi connectivity index (χ2n) is 6.14. The molecule has 0 aliphatic carbocycles. The molecule has 0 aliphatic rings. The van der Waals surface area contributed by atoms with Gasteiger partial charge in [0.2, 0.25) is 0 Å². The van der Waals surface area contributed by atoms with Crippen molar-refractivity contribution >= 4 is 14.5 Å². The van der Waals surface area contributed by atoms with Crippen molar-refractivity contribution in [2.24, 2.45) is 0 Å². The zero-order valence-electron chi connectivity index (χ0n) is 15.6. The first-order valence-corrected chi connectivity index (χ1v) is 11.6. The second-order valence-corrected chi connectivity index (χ2v) is 9.49. The van der Waals surface area contributed by atoms with Crippen LogP contribution in [0.25, 0.3) is 0 Å². The maximum atomic E-state index is 11.2. The van der Waals surface area contributed by atoms with E-state index in [-0.39, 0.29) is 5.97 Å². The minimum atomic E-state index is -1.91. The van der Waals surface area contributed by atoms with E-state index in [1.807, 2.05) is 13.8 Å². The zero-order valence-corrected chi connectivity index (χ0v) is 16.6. The van der Waals surface area contributed by atoms with Crippen LogP contribution in [0.1, 0.15) is 65.7 Å². The van der Waals surface area contributed by atoms with Gasteiger partial charge in [0, 0.05) is 18.8 Å². The maximum Gasteiger partial charge on any atom is 0.334 e. The Labute approximate surface area is 143 Å². The number of esters is 1. The van der Waals surface area contributed by atoms with Gasteiger partial charge in [0.05, 0.1) is 6.61 Å². The van der Waals surface area contributed by atoms with E-state index in [4.69, 9.17) is 13.6 Å². The van der Waals surface area contributed by atoms with Crippen molar-refractivity contribution in [3.63, 3.8) is 0 Å². The maximum absolute atomic E-state index is 11.2. The lowest BCUT2D eigenvalue weighted by atomic mass is 10.1. The monoisotopic (exact) mass is 344 g/mol. The van der Waals surface area contributed by atoms with Crippen molar-refractivity contribution in [1.82, 2.24) is 0 Å². The van der Waals surface area contributed by atoms with Crippen LogP contribution in [0, 0.1) is 0 Å². The minimum Gasteiger partial charge on any atom is -0.462 e. The average molecular weight is 345 g/mol. The Kier molecular flexibility index (Phi) is 13.4. The Morgan fingerprint density at radius 2 is 1.39 bits per heavy atom. The van der Waals surface area contributed by atoms with Crippen molar-refractivity contribution in [2.45, 2.75) is 78.3 Å². The molecule has 0 radical (unpaired) electrons. The first kappa shape index (κ1) is 22.3. The Morgan fingerprint density at radius 1 is 0.913 bits per heavy atom. The third-order valence-corrected chi connectivity index (χ3v) is 6.82. The number of unbranched alkanes of at least 4 members (excludes halogenated alkanes) is 6. The van der Waals surface area contributed by atoms with Gasteiger partial charge in [0.15, 0.2) is 0 Å². The van der Waals surface area contributed by atoms with Crippen LogP contribution in [0.3, 0.4) is 0 Å². The summed E-state index contributed by atoms with van der Waals surface area (Å²) in [5.41, 5.74) is 0.472. The highest BCUT2D eigenvalue weighted by Gasteiger charge is 2.29. The summed E-state index contributed by atoms with van der Waals surface area (Å²) >= 11 is 0. The van der Waals surface area contributed by atoms with Gasteiger partial charge < -0.3 is 13.6 Å². The van der Waals surface area contributed by atoms with Crippen LogP contribution < -0.4 is 0 Å². The molecule has 0 amide bonds. The number of hydrogen-bond acceptors (Lipinski definition) is 4. The van der Waals surface area contributed by atoms with Gasteiger partial charge in [0.25, 0.3) is 0 Å². The van der Waals surface area contributed by atoms with Gasteiger partial charge in [-0.3, -0.25) is 0 Å². The summed E-state index contributed by atoms with van der Waals surface area (Å²) in [4.78, 5) is 11.2. The highest BCUT2D eigenvalue weighted by atomic mass is 28.4. The molecule has 0 saturated carbocycles. The average Bonchev–Trinajstić information content (AvgIpc) is 2.49. The van der Waals surface area contributed by atoms with Crippen LogP contribution in [0.5, 0.6) is 0 Å². The first-order chi connectivity index (χ1) is 10.9. The van der Waals surface area contributed by atoms with Crippen molar-refractivity contribution < 1.29 is 18.4 Å². The second kappa shape index (κ2) is 13.8. The van der Waals surface area contributed by atoms with E-state index in [0.717, 1.165) is 32.1 Å². The lowest BCUT2D eigenvalue weighted by Gasteiger charge is -2.25. The number of rotatable bonds is 15. The first-order valence-electron chi connectivity index (χ1n) is 9.05. The van der Waals surface area contributed by atoms with Crippen molar-refractivity contribution in [3.05, 3.63) is 12.2 Å². The molecule has 0 N–H and O–H groups in total. The third-order valence-electron chi connectivity index (χ3n) is 3.76. The molecule has 0 aromatic rings. The summed E-state index contributed by atoms with van der Waals surface area (Å²) in [6.07, 6.45) is 8.21. The lowest BCUT2D eigenvalue weighted by Crippen LogP contribution is -2.38. The molecule has 0 fully saturated rings. The number of hydrogen-bond donors (Lipinski definition) is 0. The molecule has 0 bridgehead atoms. The highest BCUT2D eigenvalue weighted by Crippen LogP contribution is 2.19. The van der Waals surface area contributed by atoms with E-state index in [0.29, 0.717) is 12.2 Å². The fraction of sp³-hybridized carbons (Fsp3) is 0.833. The molecule has 5 heteroatoms. The molecule has 0 saturated heterocycles. The van der Waals surface area contributed by atoms with E-state index < -0.39 is 8.56 Å². The molecule has 0 rings (SSSR count). The predicted molar refractivity (Wildman–Crippen MR) is 97.8 cm³/mol. The van der Waals surface area contributed by atoms with Crippen LogP contribution in [0.2, 0.25) is 12.6 Å². The summed E-state index contributed by atoms with van der Waals surface area (Å²) in [6, 6.07) is 1.09. The predicted octanol–water partition coefficient (Wildman–Crippen LogP) is 4.98. The fourth-order valence-electron chi connectivity index (χ4n) is 2.52. The van der Waals surface area contributed by atoms with E-state index in [9.17, 15) is 4.79 Å². The Morgan fingerprint density at radius 3 is 1.87 bits per heavy atom. The molecule has 4 nitrogen and oxygen atoms in total. The molecule has 23 heavy (non-hydrogen) atoms. The topological polar surface area (TPSA) is 44.8 Å². The molecular formula is C18H36O4Si. The Hall–Kier alpha value is -0.653. The number of ether oxygens (including phenoxy) is 1. The largest absolute Gasteiger partial charge is 0.462 e. The van der Waals surface area contributed by atoms with E-state index in [1.165, 1.54) is 32.1 Å². The molecule has 0 unspecified atom stereocenters. The van der Waals surface area contributed by atoms with Crippen LogP contribution >= 0.6 is 0 Å². The van der Waals surface area contributed by atoms with E-state index >= 15 is 0 Å². The quantitative estimate of drug-likeness (QED) is 0.182. The van der Waals surface area contributed by atoms with Crippen LogP contribution in [0.15, 0.2) is 12.2 Å². The van der Waals surface area contributed by atoms with Gasteiger partial charge in [-0.1, -0.05) is 45.1 Å². The summed E-state index contributed by atoms with van der Waals surface area (Å²) in [5.74, 6) is -0.277. The van der Waals surface area contributed by atoms with Crippen molar-refractivity contribution in [2.75, 3.05) is 19.8 Å². The van der Waals surface area contributed by atoms with Crippen LogP contribution in [0.4, 0.5) is 0 Å². The smallest absolute Gasteiger partial charge is 0.334 e. The number of carbonyl (C=O) groups is 1. The lowest BCUT2D eigenvalue weighted by molar-refractivity contribution is -0.139. The minimum absolute atomic E-state index is 0.277. The molecule has 0 aromatic carbocycles. The van der Waals surface area contributed by atoms with Gasteiger partial charge >= 0.3 is 14.5 Å². The third kappa shape index (κ3) is 12.4. The summed E-state index contributed by atoms with van der Waals surface area (Å²) in [7, 11) is -1.91. The number of carbonyl (C=O) groups excluding carboxylic acids is 1. The van der Waals surface area contributed by atoms with Crippen molar-refractivity contribution in [1.29, 1.82) is 0 Å². The van der Waals surface area contributed by atoms with E-state index in [1.54, 1.807) is 6.92 Å². The standard InChI is InChI=1S/C18H36O4Si/c1-6-21-23(5,22-7-2)16-14-12-10-8-9-11-13-15-20-18(19)17(3)4/h3,6-16H2,1-2,4-5H3. The molecule has 0 aromatic heterocycles. The highest BCUT2D eigenvalue weighted by molar-refractivity contribution is 6.66. The van der Waals surface area contributed by atoms with E-state index in [2.05, 4.69) is 13.1 Å².